The number of hydrogen-bond donors (Lipinski definition) is 1. The molecule has 0 aliphatic heterocycles. The molecule has 0 aliphatic rings. The van der Waals surface area contributed by atoms with Crippen LogP contribution in [0.1, 0.15) is 6.92 Å². The van der Waals surface area contributed by atoms with Crippen LogP contribution in [0.5, 0.6) is 0 Å². The second-order valence-corrected chi connectivity index (χ2v) is 5.45. The highest BCUT2D eigenvalue weighted by molar-refractivity contribution is 7.89. The van der Waals surface area contributed by atoms with Gasteiger partial charge in [-0.25, -0.2) is 13.1 Å². The molecule has 0 fully saturated rings. The SMILES string of the molecule is COC[C@@H](C)NS(=O)(=O)c1cccc([N+](=O)[O-])c1. The Morgan fingerprint density at radius 3 is 2.72 bits per heavy atom. The van der Waals surface area contributed by atoms with E-state index in [1.807, 2.05) is 0 Å². The molecule has 0 radical (unpaired) electrons. The molecule has 100 valence electrons. The van der Waals surface area contributed by atoms with Crippen LogP contribution in [0, 0.1) is 10.1 Å². The lowest BCUT2D eigenvalue weighted by Gasteiger charge is -2.12. The van der Waals surface area contributed by atoms with Gasteiger partial charge in [-0.3, -0.25) is 10.1 Å². The molecule has 0 spiro atoms. The summed E-state index contributed by atoms with van der Waals surface area (Å²) in [6.07, 6.45) is 0. The number of hydrogen-bond acceptors (Lipinski definition) is 5. The Hall–Kier alpha value is -1.51. The number of nitro groups is 1. The maximum absolute atomic E-state index is 11.9. The zero-order valence-corrected chi connectivity index (χ0v) is 10.8. The Kier molecular flexibility index (Phi) is 4.76. The minimum absolute atomic E-state index is 0.139. The van der Waals surface area contributed by atoms with Crippen molar-refractivity contribution in [3.63, 3.8) is 0 Å². The van der Waals surface area contributed by atoms with Crippen LogP contribution in [0.4, 0.5) is 5.69 Å². The summed E-state index contributed by atoms with van der Waals surface area (Å²) in [5.41, 5.74) is -0.266. The number of methoxy groups -OCH3 is 1. The molecule has 18 heavy (non-hydrogen) atoms. The molecule has 1 atom stereocenters. The van der Waals surface area contributed by atoms with Gasteiger partial charge in [0.05, 0.1) is 16.4 Å². The molecule has 0 unspecified atom stereocenters. The van der Waals surface area contributed by atoms with E-state index >= 15 is 0 Å². The first-order valence-electron chi connectivity index (χ1n) is 5.12. The number of nitrogens with zero attached hydrogens (tertiary/aromatic N) is 1. The molecular formula is C10H14N2O5S. The first-order chi connectivity index (χ1) is 8.36. The van der Waals surface area contributed by atoms with Crippen LogP contribution >= 0.6 is 0 Å². The number of non-ortho nitro benzene ring substituents is 1. The van der Waals surface area contributed by atoms with Crippen molar-refractivity contribution in [2.24, 2.45) is 0 Å². The Bertz CT molecular complexity index is 529. The van der Waals surface area contributed by atoms with Gasteiger partial charge >= 0.3 is 0 Å². The predicted octanol–water partition coefficient (Wildman–Crippen LogP) is 0.908. The second-order valence-electron chi connectivity index (χ2n) is 3.73. The van der Waals surface area contributed by atoms with E-state index in [9.17, 15) is 18.5 Å². The highest BCUT2D eigenvalue weighted by atomic mass is 32.2. The maximum Gasteiger partial charge on any atom is 0.270 e. The minimum Gasteiger partial charge on any atom is -0.383 e. The van der Waals surface area contributed by atoms with Gasteiger partial charge in [-0.1, -0.05) is 6.07 Å². The summed E-state index contributed by atoms with van der Waals surface area (Å²) in [6.45, 7) is 1.85. The molecule has 0 aromatic heterocycles. The molecule has 0 amide bonds. The Morgan fingerprint density at radius 1 is 1.50 bits per heavy atom. The summed E-state index contributed by atoms with van der Waals surface area (Å²) in [6, 6.07) is 4.46. The summed E-state index contributed by atoms with van der Waals surface area (Å²) >= 11 is 0. The second kappa shape index (κ2) is 5.89. The van der Waals surface area contributed by atoms with Gasteiger partial charge in [0.2, 0.25) is 10.0 Å². The molecule has 1 aromatic carbocycles. The number of ether oxygens (including phenoxy) is 1. The van der Waals surface area contributed by atoms with Crippen LogP contribution in [0.15, 0.2) is 29.2 Å². The zero-order valence-electron chi connectivity index (χ0n) is 9.99. The Labute approximate surface area is 105 Å². The fourth-order valence-corrected chi connectivity index (χ4v) is 2.65. The molecule has 1 aromatic rings. The highest BCUT2D eigenvalue weighted by Crippen LogP contribution is 2.17. The lowest BCUT2D eigenvalue weighted by atomic mass is 10.3. The molecule has 0 saturated heterocycles. The van der Waals surface area contributed by atoms with E-state index < -0.39 is 21.0 Å². The summed E-state index contributed by atoms with van der Waals surface area (Å²) in [5.74, 6) is 0. The van der Waals surface area contributed by atoms with E-state index in [0.717, 1.165) is 6.07 Å². The molecule has 1 rings (SSSR count). The van der Waals surface area contributed by atoms with E-state index in [4.69, 9.17) is 4.74 Å². The zero-order chi connectivity index (χ0) is 13.8. The van der Waals surface area contributed by atoms with Gasteiger partial charge in [-0.2, -0.15) is 0 Å². The largest absolute Gasteiger partial charge is 0.383 e. The third-order valence-corrected chi connectivity index (χ3v) is 3.70. The van der Waals surface area contributed by atoms with Crippen molar-refractivity contribution >= 4 is 15.7 Å². The summed E-state index contributed by atoms with van der Waals surface area (Å²) in [7, 11) is -2.32. The van der Waals surface area contributed by atoms with Crippen molar-refractivity contribution in [2.75, 3.05) is 13.7 Å². The first kappa shape index (κ1) is 14.6. The number of nitro benzene ring substituents is 1. The van der Waals surface area contributed by atoms with Crippen molar-refractivity contribution in [2.45, 2.75) is 17.9 Å². The lowest BCUT2D eigenvalue weighted by molar-refractivity contribution is -0.385. The molecule has 0 bridgehead atoms. The molecule has 0 saturated carbocycles. The lowest BCUT2D eigenvalue weighted by Crippen LogP contribution is -2.35. The standard InChI is InChI=1S/C10H14N2O5S/c1-8(7-17-2)11-18(15,16)10-5-3-4-9(6-10)12(13)14/h3-6,8,11H,7H2,1-2H3/t8-/m1/s1. The van der Waals surface area contributed by atoms with Crippen molar-refractivity contribution < 1.29 is 18.1 Å². The fraction of sp³-hybridized carbons (Fsp3) is 0.400. The van der Waals surface area contributed by atoms with Crippen molar-refractivity contribution in [3.8, 4) is 0 Å². The smallest absolute Gasteiger partial charge is 0.270 e. The van der Waals surface area contributed by atoms with Crippen molar-refractivity contribution in [1.29, 1.82) is 0 Å². The van der Waals surface area contributed by atoms with E-state index in [-0.39, 0.29) is 17.2 Å². The number of benzene rings is 1. The molecule has 0 heterocycles. The number of nitrogens with one attached hydrogen (secondary N) is 1. The monoisotopic (exact) mass is 274 g/mol. The summed E-state index contributed by atoms with van der Waals surface area (Å²) in [5, 5.41) is 10.6. The Morgan fingerprint density at radius 2 is 2.17 bits per heavy atom. The van der Waals surface area contributed by atoms with Gasteiger partial charge < -0.3 is 4.74 Å². The van der Waals surface area contributed by atoms with E-state index in [2.05, 4.69) is 4.72 Å². The third-order valence-electron chi connectivity index (χ3n) is 2.11. The molecule has 1 N–H and O–H groups in total. The van der Waals surface area contributed by atoms with E-state index in [1.165, 1.54) is 25.3 Å². The van der Waals surface area contributed by atoms with Gasteiger partial charge in [0.15, 0.2) is 0 Å². The molecule has 8 heteroatoms. The quantitative estimate of drug-likeness (QED) is 0.614. The molecule has 0 aliphatic carbocycles. The first-order valence-corrected chi connectivity index (χ1v) is 6.61. The fourth-order valence-electron chi connectivity index (χ4n) is 1.38. The summed E-state index contributed by atoms with van der Waals surface area (Å²) in [4.78, 5) is 9.79. The van der Waals surface area contributed by atoms with E-state index in [1.54, 1.807) is 6.92 Å². The van der Waals surface area contributed by atoms with Crippen LogP contribution in [-0.2, 0) is 14.8 Å². The van der Waals surface area contributed by atoms with Crippen LogP contribution in [-0.4, -0.2) is 33.1 Å². The normalized spacial score (nSPS) is 13.2. The van der Waals surface area contributed by atoms with E-state index in [0.29, 0.717) is 0 Å². The van der Waals surface area contributed by atoms with Gasteiger partial charge in [0.25, 0.3) is 5.69 Å². The van der Waals surface area contributed by atoms with Crippen LogP contribution in [0.3, 0.4) is 0 Å². The highest BCUT2D eigenvalue weighted by Gasteiger charge is 2.19. The predicted molar refractivity (Wildman–Crippen MR) is 64.8 cm³/mol. The van der Waals surface area contributed by atoms with Crippen molar-refractivity contribution in [3.05, 3.63) is 34.4 Å². The van der Waals surface area contributed by atoms with Gasteiger partial charge in [-0.05, 0) is 13.0 Å². The van der Waals surface area contributed by atoms with Gasteiger partial charge in [-0.15, -0.1) is 0 Å². The Balaban J connectivity index is 2.98. The number of sulfonamides is 1. The molecular weight excluding hydrogens is 260 g/mol. The number of rotatable bonds is 6. The third kappa shape index (κ3) is 3.76. The summed E-state index contributed by atoms with van der Waals surface area (Å²) < 4.78 is 31.0. The van der Waals surface area contributed by atoms with Crippen LogP contribution in [0.25, 0.3) is 0 Å². The topological polar surface area (TPSA) is 98.5 Å². The van der Waals surface area contributed by atoms with Gasteiger partial charge in [0, 0.05) is 25.3 Å². The average Bonchev–Trinajstić information content (AvgIpc) is 2.28. The van der Waals surface area contributed by atoms with Gasteiger partial charge in [0.1, 0.15) is 0 Å². The molecule has 7 nitrogen and oxygen atoms in total. The average molecular weight is 274 g/mol. The van der Waals surface area contributed by atoms with Crippen LogP contribution < -0.4 is 4.72 Å². The van der Waals surface area contributed by atoms with Crippen molar-refractivity contribution in [1.82, 2.24) is 4.72 Å². The maximum atomic E-state index is 11.9. The minimum atomic E-state index is -3.77. The van der Waals surface area contributed by atoms with Crippen LogP contribution in [0.2, 0.25) is 0 Å².